The number of aromatic nitrogens is 3. The summed E-state index contributed by atoms with van der Waals surface area (Å²) in [4.78, 5) is 4.21. The van der Waals surface area contributed by atoms with E-state index in [-0.39, 0.29) is 5.82 Å². The number of rotatable bonds is 2. The lowest BCUT2D eigenvalue weighted by molar-refractivity contribution is 0.629. The highest BCUT2D eigenvalue weighted by atomic mass is 19.1. The van der Waals surface area contributed by atoms with Crippen molar-refractivity contribution in [2.75, 3.05) is 11.1 Å². The number of halogens is 1. The van der Waals surface area contributed by atoms with E-state index in [4.69, 9.17) is 5.73 Å². The van der Waals surface area contributed by atoms with Crippen LogP contribution in [-0.4, -0.2) is 15.2 Å². The summed E-state index contributed by atoms with van der Waals surface area (Å²) in [5.74, 6) is -0.0491. The van der Waals surface area contributed by atoms with Gasteiger partial charge in [-0.3, -0.25) is 5.10 Å². The number of fused-ring (bicyclic) bond motifs is 2. The van der Waals surface area contributed by atoms with Gasteiger partial charge in [0.25, 0.3) is 0 Å². The number of nitrogens with zero attached hydrogens (tertiary/aromatic N) is 2. The van der Waals surface area contributed by atoms with Crippen LogP contribution in [0.3, 0.4) is 0 Å². The van der Waals surface area contributed by atoms with Crippen molar-refractivity contribution in [2.24, 2.45) is 0 Å². The van der Waals surface area contributed by atoms with Crippen molar-refractivity contribution in [3.8, 4) is 0 Å². The smallest absolute Gasteiger partial charge is 0.185 e. The molecule has 0 saturated carbocycles. The van der Waals surface area contributed by atoms with Crippen LogP contribution in [0.4, 0.5) is 21.7 Å². The van der Waals surface area contributed by atoms with Gasteiger partial charge in [0.15, 0.2) is 17.3 Å². The third kappa shape index (κ3) is 2.24. The monoisotopic (exact) mass is 307 g/mol. The Balaban J connectivity index is 1.84. The number of aryl methyl sites for hydroxylation is 1. The summed E-state index contributed by atoms with van der Waals surface area (Å²) in [5.41, 5.74) is 8.00. The summed E-state index contributed by atoms with van der Waals surface area (Å²) in [6.07, 6.45) is 0. The maximum Gasteiger partial charge on any atom is 0.185 e. The Morgan fingerprint density at radius 2 is 2.00 bits per heavy atom. The standard InChI is InChI=1S/C17H14FN5/c1-9-5-6-10-3-2-4-14(11(10)7-9)20-17-13(18)8-12-15(19)22-23-16(12)21-17/h2-8H,1H3,(H4,19,20,21,22,23). The number of pyridine rings is 1. The van der Waals surface area contributed by atoms with Gasteiger partial charge in [0.2, 0.25) is 0 Å². The molecule has 0 bridgehead atoms. The van der Waals surface area contributed by atoms with E-state index in [1.54, 1.807) is 0 Å². The number of hydrogen-bond donors (Lipinski definition) is 3. The van der Waals surface area contributed by atoms with Gasteiger partial charge in [-0.25, -0.2) is 9.37 Å². The van der Waals surface area contributed by atoms with Crippen LogP contribution in [0.25, 0.3) is 21.8 Å². The van der Waals surface area contributed by atoms with E-state index < -0.39 is 5.82 Å². The second kappa shape index (κ2) is 4.95. The molecule has 2 aromatic heterocycles. The average Bonchev–Trinajstić information content (AvgIpc) is 2.89. The van der Waals surface area contributed by atoms with E-state index >= 15 is 0 Å². The molecule has 0 aliphatic carbocycles. The Kier molecular flexibility index (Phi) is 2.90. The van der Waals surface area contributed by atoms with Crippen molar-refractivity contribution >= 4 is 39.1 Å². The van der Waals surface area contributed by atoms with E-state index in [1.165, 1.54) is 6.07 Å². The van der Waals surface area contributed by atoms with Crippen molar-refractivity contribution in [2.45, 2.75) is 6.92 Å². The first-order chi connectivity index (χ1) is 11.1. The minimum Gasteiger partial charge on any atom is -0.384 e. The van der Waals surface area contributed by atoms with Crippen molar-refractivity contribution in [3.63, 3.8) is 0 Å². The molecule has 0 spiro atoms. The Labute approximate surface area is 131 Å². The molecule has 6 heteroatoms. The molecule has 0 aliphatic heterocycles. The van der Waals surface area contributed by atoms with Crippen LogP contribution in [0.5, 0.6) is 0 Å². The molecule has 2 heterocycles. The van der Waals surface area contributed by atoms with Gasteiger partial charge in [0.1, 0.15) is 5.82 Å². The summed E-state index contributed by atoms with van der Waals surface area (Å²) >= 11 is 0. The number of anilines is 3. The van der Waals surface area contributed by atoms with E-state index in [0.29, 0.717) is 16.9 Å². The molecule has 0 saturated heterocycles. The lowest BCUT2D eigenvalue weighted by Crippen LogP contribution is -1.98. The topological polar surface area (TPSA) is 79.6 Å². The molecule has 0 unspecified atom stereocenters. The molecule has 0 amide bonds. The van der Waals surface area contributed by atoms with E-state index in [0.717, 1.165) is 22.0 Å². The molecule has 2 aromatic carbocycles. The zero-order valence-corrected chi connectivity index (χ0v) is 12.4. The SMILES string of the molecule is Cc1ccc2cccc(Nc3nc4n[nH]c(N)c4cc3F)c2c1. The number of benzene rings is 2. The number of hydrogen-bond acceptors (Lipinski definition) is 4. The highest BCUT2D eigenvalue weighted by Crippen LogP contribution is 2.29. The van der Waals surface area contributed by atoms with Gasteiger partial charge >= 0.3 is 0 Å². The summed E-state index contributed by atoms with van der Waals surface area (Å²) in [6, 6.07) is 13.3. The van der Waals surface area contributed by atoms with Gasteiger partial charge in [-0.15, -0.1) is 0 Å². The van der Waals surface area contributed by atoms with Gasteiger partial charge in [-0.1, -0.05) is 29.8 Å². The van der Waals surface area contributed by atoms with Gasteiger partial charge < -0.3 is 11.1 Å². The average molecular weight is 307 g/mol. The summed E-state index contributed by atoms with van der Waals surface area (Å²) in [6.45, 7) is 2.02. The maximum absolute atomic E-state index is 14.3. The molecule has 114 valence electrons. The maximum atomic E-state index is 14.3. The Bertz CT molecular complexity index is 1040. The third-order valence-corrected chi connectivity index (χ3v) is 3.82. The summed E-state index contributed by atoms with van der Waals surface area (Å²) < 4.78 is 14.3. The second-order valence-electron chi connectivity index (χ2n) is 5.48. The highest BCUT2D eigenvalue weighted by Gasteiger charge is 2.12. The van der Waals surface area contributed by atoms with Crippen LogP contribution in [0.2, 0.25) is 0 Å². The minimum atomic E-state index is -0.477. The number of nitrogens with one attached hydrogen (secondary N) is 2. The van der Waals surface area contributed by atoms with Crippen molar-refractivity contribution in [3.05, 3.63) is 53.8 Å². The first-order valence-electron chi connectivity index (χ1n) is 7.18. The van der Waals surface area contributed by atoms with E-state index in [2.05, 4.69) is 26.6 Å². The van der Waals surface area contributed by atoms with Crippen molar-refractivity contribution in [1.29, 1.82) is 0 Å². The molecule has 0 fully saturated rings. The van der Waals surface area contributed by atoms with E-state index in [1.807, 2.05) is 37.3 Å². The largest absolute Gasteiger partial charge is 0.384 e. The molecule has 4 N–H and O–H groups in total. The fourth-order valence-corrected chi connectivity index (χ4v) is 2.65. The molecule has 4 rings (SSSR count). The second-order valence-corrected chi connectivity index (χ2v) is 5.48. The van der Waals surface area contributed by atoms with Gasteiger partial charge in [0.05, 0.1) is 5.39 Å². The van der Waals surface area contributed by atoms with E-state index in [9.17, 15) is 4.39 Å². The predicted octanol–water partition coefficient (Wildman–Crippen LogP) is 3.88. The quantitative estimate of drug-likeness (QED) is 0.525. The first-order valence-corrected chi connectivity index (χ1v) is 7.18. The zero-order valence-electron chi connectivity index (χ0n) is 12.4. The molecular formula is C17H14FN5. The molecule has 0 atom stereocenters. The molecule has 23 heavy (non-hydrogen) atoms. The van der Waals surface area contributed by atoms with Gasteiger partial charge in [0, 0.05) is 11.1 Å². The number of nitrogen functional groups attached to an aromatic ring is 1. The summed E-state index contributed by atoms with van der Waals surface area (Å²) in [7, 11) is 0. The van der Waals surface area contributed by atoms with Crippen molar-refractivity contribution in [1.82, 2.24) is 15.2 Å². The zero-order chi connectivity index (χ0) is 16.0. The van der Waals surface area contributed by atoms with Gasteiger partial charge in [-0.05, 0) is 30.5 Å². The van der Waals surface area contributed by atoms with Gasteiger partial charge in [-0.2, -0.15) is 5.10 Å². The molecule has 0 radical (unpaired) electrons. The molecule has 0 aliphatic rings. The number of nitrogens with two attached hydrogens (primary N) is 1. The molecular weight excluding hydrogens is 293 g/mol. The van der Waals surface area contributed by atoms with Crippen LogP contribution < -0.4 is 11.1 Å². The van der Waals surface area contributed by atoms with Crippen LogP contribution in [-0.2, 0) is 0 Å². The minimum absolute atomic E-state index is 0.123. The molecule has 5 nitrogen and oxygen atoms in total. The third-order valence-electron chi connectivity index (χ3n) is 3.82. The van der Waals surface area contributed by atoms with Crippen molar-refractivity contribution < 1.29 is 4.39 Å². The first kappa shape index (κ1) is 13.5. The lowest BCUT2D eigenvalue weighted by Gasteiger charge is -2.10. The number of aromatic amines is 1. The summed E-state index contributed by atoms with van der Waals surface area (Å²) in [5, 5.41) is 12.2. The van der Waals surface area contributed by atoms with Crippen LogP contribution in [0, 0.1) is 12.7 Å². The normalized spacial score (nSPS) is 11.2. The number of H-pyrrole nitrogens is 1. The van der Waals surface area contributed by atoms with Crippen LogP contribution in [0.1, 0.15) is 5.56 Å². The lowest BCUT2D eigenvalue weighted by atomic mass is 10.1. The Hall–Kier alpha value is -3.15. The molecule has 4 aromatic rings. The fraction of sp³-hybridized carbons (Fsp3) is 0.0588. The Morgan fingerprint density at radius 1 is 1.13 bits per heavy atom. The fourth-order valence-electron chi connectivity index (χ4n) is 2.65. The van der Waals surface area contributed by atoms with Crippen LogP contribution in [0.15, 0.2) is 42.5 Å². The predicted molar refractivity (Wildman–Crippen MR) is 90.2 cm³/mol. The van der Waals surface area contributed by atoms with Crippen LogP contribution >= 0.6 is 0 Å². The Morgan fingerprint density at radius 3 is 2.87 bits per heavy atom. The highest BCUT2D eigenvalue weighted by molar-refractivity contribution is 5.96.